The molecule has 1 heterocycles. The standard InChI is InChI=1S/C16H19NO3/c1-11(2)12-5-6-14-13(10-12)7-9-17(16(14)20)8-3-4-15(18)19/h5-7,9-11H,3-4,8H2,1-2H3,(H,18,19). The molecule has 0 saturated heterocycles. The number of fused-ring (bicyclic) bond motifs is 1. The highest BCUT2D eigenvalue weighted by molar-refractivity contribution is 5.82. The molecule has 0 aliphatic rings. The number of benzene rings is 1. The third-order valence-corrected chi connectivity index (χ3v) is 3.46. The first-order valence-corrected chi connectivity index (χ1v) is 6.84. The van der Waals surface area contributed by atoms with Crippen molar-refractivity contribution < 1.29 is 9.90 Å². The lowest BCUT2D eigenvalue weighted by atomic mass is 10.0. The van der Waals surface area contributed by atoms with Gasteiger partial charge in [-0.15, -0.1) is 0 Å². The van der Waals surface area contributed by atoms with Crippen LogP contribution in [0.15, 0.2) is 35.3 Å². The molecule has 106 valence electrons. The van der Waals surface area contributed by atoms with Crippen molar-refractivity contribution in [3.05, 3.63) is 46.4 Å². The van der Waals surface area contributed by atoms with Gasteiger partial charge in [-0.2, -0.15) is 0 Å². The van der Waals surface area contributed by atoms with Gasteiger partial charge in [-0.3, -0.25) is 9.59 Å². The molecule has 0 atom stereocenters. The van der Waals surface area contributed by atoms with Crippen molar-refractivity contribution >= 4 is 16.7 Å². The molecule has 0 unspecified atom stereocenters. The molecule has 0 aliphatic carbocycles. The summed E-state index contributed by atoms with van der Waals surface area (Å²) >= 11 is 0. The van der Waals surface area contributed by atoms with E-state index in [-0.39, 0.29) is 12.0 Å². The van der Waals surface area contributed by atoms with E-state index in [1.807, 2.05) is 24.3 Å². The van der Waals surface area contributed by atoms with Gasteiger partial charge in [-0.1, -0.05) is 26.0 Å². The van der Waals surface area contributed by atoms with Crippen molar-refractivity contribution in [3.8, 4) is 0 Å². The number of carboxylic acids is 1. The number of hydrogen-bond acceptors (Lipinski definition) is 2. The van der Waals surface area contributed by atoms with Gasteiger partial charge in [0.05, 0.1) is 0 Å². The Balaban J connectivity index is 2.32. The minimum absolute atomic E-state index is 0.0526. The first kappa shape index (κ1) is 14.3. The van der Waals surface area contributed by atoms with Crippen molar-refractivity contribution in [2.75, 3.05) is 0 Å². The Morgan fingerprint density at radius 2 is 2.05 bits per heavy atom. The number of aromatic nitrogens is 1. The van der Waals surface area contributed by atoms with Gasteiger partial charge in [0, 0.05) is 24.5 Å². The van der Waals surface area contributed by atoms with Gasteiger partial charge in [-0.25, -0.2) is 0 Å². The maximum Gasteiger partial charge on any atom is 0.303 e. The lowest BCUT2D eigenvalue weighted by Gasteiger charge is -2.09. The normalized spacial score (nSPS) is 11.2. The summed E-state index contributed by atoms with van der Waals surface area (Å²) in [5.41, 5.74) is 1.16. The van der Waals surface area contributed by atoms with Crippen LogP contribution in [0.25, 0.3) is 10.8 Å². The Labute approximate surface area is 117 Å². The monoisotopic (exact) mass is 273 g/mol. The summed E-state index contributed by atoms with van der Waals surface area (Å²) < 4.78 is 1.58. The fourth-order valence-electron chi connectivity index (χ4n) is 2.24. The number of carboxylic acid groups (broad SMARTS) is 1. The zero-order chi connectivity index (χ0) is 14.7. The van der Waals surface area contributed by atoms with E-state index in [9.17, 15) is 9.59 Å². The smallest absolute Gasteiger partial charge is 0.303 e. The number of aryl methyl sites for hydroxylation is 1. The number of pyridine rings is 1. The third-order valence-electron chi connectivity index (χ3n) is 3.46. The fraction of sp³-hybridized carbons (Fsp3) is 0.375. The second-order valence-corrected chi connectivity index (χ2v) is 5.31. The zero-order valence-electron chi connectivity index (χ0n) is 11.8. The highest BCUT2D eigenvalue weighted by Gasteiger charge is 2.06. The highest BCUT2D eigenvalue weighted by Crippen LogP contribution is 2.19. The average molecular weight is 273 g/mol. The van der Waals surface area contributed by atoms with E-state index < -0.39 is 5.97 Å². The summed E-state index contributed by atoms with van der Waals surface area (Å²) in [6.07, 6.45) is 2.29. The largest absolute Gasteiger partial charge is 0.481 e. The lowest BCUT2D eigenvalue weighted by Crippen LogP contribution is -2.20. The van der Waals surface area contributed by atoms with Gasteiger partial charge in [0.1, 0.15) is 0 Å². The summed E-state index contributed by atoms with van der Waals surface area (Å²) in [4.78, 5) is 22.8. The molecular weight excluding hydrogens is 254 g/mol. The molecule has 1 aromatic carbocycles. The molecule has 4 nitrogen and oxygen atoms in total. The molecule has 0 amide bonds. The van der Waals surface area contributed by atoms with Crippen LogP contribution >= 0.6 is 0 Å². The molecule has 0 saturated carbocycles. The second-order valence-electron chi connectivity index (χ2n) is 5.31. The van der Waals surface area contributed by atoms with Crippen LogP contribution in [0.1, 0.15) is 38.2 Å². The van der Waals surface area contributed by atoms with Gasteiger partial charge in [-0.05, 0) is 35.4 Å². The molecule has 4 heteroatoms. The first-order chi connectivity index (χ1) is 9.49. The van der Waals surface area contributed by atoms with Crippen molar-refractivity contribution in [2.45, 2.75) is 39.2 Å². The number of nitrogens with zero attached hydrogens (tertiary/aromatic N) is 1. The van der Waals surface area contributed by atoms with Crippen molar-refractivity contribution in [2.24, 2.45) is 0 Å². The predicted molar refractivity (Wildman–Crippen MR) is 79.2 cm³/mol. The van der Waals surface area contributed by atoms with Gasteiger partial charge in [0.25, 0.3) is 5.56 Å². The maximum atomic E-state index is 12.3. The molecule has 2 aromatic rings. The summed E-state index contributed by atoms with van der Waals surface area (Å²) in [7, 11) is 0. The van der Waals surface area contributed by atoms with Crippen LogP contribution in [-0.4, -0.2) is 15.6 Å². The Morgan fingerprint density at radius 1 is 1.30 bits per heavy atom. The lowest BCUT2D eigenvalue weighted by molar-refractivity contribution is -0.137. The van der Waals surface area contributed by atoms with Gasteiger partial charge >= 0.3 is 5.97 Å². The summed E-state index contributed by atoms with van der Waals surface area (Å²) in [6, 6.07) is 7.81. The van der Waals surface area contributed by atoms with E-state index in [2.05, 4.69) is 13.8 Å². The molecule has 0 bridgehead atoms. The van der Waals surface area contributed by atoms with Gasteiger partial charge in [0.15, 0.2) is 0 Å². The molecule has 0 fully saturated rings. The summed E-state index contributed by atoms with van der Waals surface area (Å²) in [5, 5.41) is 10.3. The average Bonchev–Trinajstić information content (AvgIpc) is 2.40. The SMILES string of the molecule is CC(C)c1ccc2c(=O)n(CCCC(=O)O)ccc2c1. The Kier molecular flexibility index (Phi) is 4.23. The summed E-state index contributed by atoms with van der Waals surface area (Å²) in [5.74, 6) is -0.405. The van der Waals surface area contributed by atoms with Gasteiger partial charge in [0.2, 0.25) is 0 Å². The highest BCUT2D eigenvalue weighted by atomic mass is 16.4. The van der Waals surface area contributed by atoms with E-state index in [1.165, 1.54) is 5.56 Å². The molecule has 1 aromatic heterocycles. The number of hydrogen-bond donors (Lipinski definition) is 1. The second kappa shape index (κ2) is 5.90. The van der Waals surface area contributed by atoms with Crippen LogP contribution in [0, 0.1) is 0 Å². The third kappa shape index (κ3) is 3.07. The molecule has 1 N–H and O–H groups in total. The minimum Gasteiger partial charge on any atom is -0.481 e. The van der Waals surface area contributed by atoms with Crippen molar-refractivity contribution in [1.29, 1.82) is 0 Å². The Morgan fingerprint density at radius 3 is 2.70 bits per heavy atom. The Hall–Kier alpha value is -2.10. The minimum atomic E-state index is -0.833. The van der Waals surface area contributed by atoms with E-state index in [1.54, 1.807) is 10.8 Å². The van der Waals surface area contributed by atoms with Gasteiger partial charge < -0.3 is 9.67 Å². The Bertz CT molecular complexity index is 686. The zero-order valence-corrected chi connectivity index (χ0v) is 11.8. The van der Waals surface area contributed by atoms with Crippen LogP contribution in [0.5, 0.6) is 0 Å². The first-order valence-electron chi connectivity index (χ1n) is 6.84. The van der Waals surface area contributed by atoms with E-state index in [0.717, 1.165) is 5.39 Å². The number of aliphatic carboxylic acids is 1. The maximum absolute atomic E-state index is 12.3. The molecule has 2 rings (SSSR count). The molecule has 0 aliphatic heterocycles. The van der Waals surface area contributed by atoms with Crippen LogP contribution in [0.3, 0.4) is 0 Å². The van der Waals surface area contributed by atoms with Crippen molar-refractivity contribution in [1.82, 2.24) is 4.57 Å². The fourth-order valence-corrected chi connectivity index (χ4v) is 2.24. The molecule has 0 spiro atoms. The number of rotatable bonds is 5. The molecular formula is C16H19NO3. The van der Waals surface area contributed by atoms with E-state index in [4.69, 9.17) is 5.11 Å². The topological polar surface area (TPSA) is 59.3 Å². The van der Waals surface area contributed by atoms with E-state index >= 15 is 0 Å². The molecule has 0 radical (unpaired) electrons. The van der Waals surface area contributed by atoms with Crippen molar-refractivity contribution in [3.63, 3.8) is 0 Å². The quantitative estimate of drug-likeness (QED) is 0.911. The summed E-state index contributed by atoms with van der Waals surface area (Å²) in [6.45, 7) is 4.68. The van der Waals surface area contributed by atoms with E-state index in [0.29, 0.717) is 24.3 Å². The number of carbonyl (C=O) groups is 1. The molecule has 20 heavy (non-hydrogen) atoms. The predicted octanol–water partition coefficient (Wildman–Crippen LogP) is 2.99. The van der Waals surface area contributed by atoms with Crippen LogP contribution in [-0.2, 0) is 11.3 Å². The van der Waals surface area contributed by atoms with Crippen LogP contribution < -0.4 is 5.56 Å². The van der Waals surface area contributed by atoms with Crippen LogP contribution in [0.2, 0.25) is 0 Å². The van der Waals surface area contributed by atoms with Crippen LogP contribution in [0.4, 0.5) is 0 Å².